The lowest BCUT2D eigenvalue weighted by atomic mass is 9.91. The number of benzene rings is 3. The Kier molecular flexibility index (Phi) is 5.44. The van der Waals surface area contributed by atoms with Crippen molar-refractivity contribution in [1.82, 2.24) is 10.2 Å². The van der Waals surface area contributed by atoms with Crippen molar-refractivity contribution >= 4 is 29.3 Å². The maximum atomic E-state index is 13.2. The summed E-state index contributed by atoms with van der Waals surface area (Å²) in [5.74, 6) is -0.179. The molecular weight excluding hydrogens is 450 g/mol. The van der Waals surface area contributed by atoms with Gasteiger partial charge in [0.25, 0.3) is 11.8 Å². The Morgan fingerprint density at radius 3 is 2.40 bits per heavy atom. The van der Waals surface area contributed by atoms with Gasteiger partial charge in [-0.05, 0) is 61.0 Å². The lowest BCUT2D eigenvalue weighted by Crippen LogP contribution is -2.41. The van der Waals surface area contributed by atoms with Gasteiger partial charge < -0.3 is 20.1 Å². The van der Waals surface area contributed by atoms with Crippen LogP contribution in [0.3, 0.4) is 0 Å². The number of nitrogens with one attached hydrogen (secondary N) is 2. The molecule has 176 valence electrons. The predicted molar refractivity (Wildman–Crippen MR) is 125 cm³/mol. The van der Waals surface area contributed by atoms with E-state index in [1.165, 1.54) is 0 Å². The summed E-state index contributed by atoms with van der Waals surface area (Å²) in [7, 11) is 0. The summed E-state index contributed by atoms with van der Waals surface area (Å²) in [5, 5.41) is 5.44. The SMILES string of the molecule is CC1(c2ccc3c(c2)OCO3)NC(=O)N(CC(=O)c2ccc(NC(=O)c3ccccc3)cc2)C1=O. The fourth-order valence-electron chi connectivity index (χ4n) is 4.01. The van der Waals surface area contributed by atoms with Crippen molar-refractivity contribution < 1.29 is 28.7 Å². The zero-order chi connectivity index (χ0) is 24.6. The van der Waals surface area contributed by atoms with Gasteiger partial charge >= 0.3 is 6.03 Å². The zero-order valence-electron chi connectivity index (χ0n) is 18.7. The molecule has 1 unspecified atom stereocenters. The van der Waals surface area contributed by atoms with Gasteiger partial charge in [-0.15, -0.1) is 0 Å². The average Bonchev–Trinajstić information content (AvgIpc) is 3.43. The zero-order valence-corrected chi connectivity index (χ0v) is 18.7. The molecule has 3 aromatic carbocycles. The summed E-state index contributed by atoms with van der Waals surface area (Å²) < 4.78 is 10.7. The highest BCUT2D eigenvalue weighted by Gasteiger charge is 2.49. The van der Waals surface area contributed by atoms with Crippen LogP contribution in [0.25, 0.3) is 0 Å². The van der Waals surface area contributed by atoms with Crippen LogP contribution < -0.4 is 20.1 Å². The summed E-state index contributed by atoms with van der Waals surface area (Å²) in [6, 6.07) is 19.4. The number of carbonyl (C=O) groups excluding carboxylic acids is 4. The fourth-order valence-corrected chi connectivity index (χ4v) is 4.01. The van der Waals surface area contributed by atoms with Crippen LogP contribution in [-0.4, -0.2) is 41.9 Å². The highest BCUT2D eigenvalue weighted by atomic mass is 16.7. The van der Waals surface area contributed by atoms with E-state index in [1.54, 1.807) is 73.7 Å². The van der Waals surface area contributed by atoms with Crippen LogP contribution in [0, 0.1) is 0 Å². The summed E-state index contributed by atoms with van der Waals surface area (Å²) in [6.45, 7) is 1.26. The molecule has 0 spiro atoms. The first-order valence-corrected chi connectivity index (χ1v) is 10.9. The van der Waals surface area contributed by atoms with Crippen molar-refractivity contribution in [1.29, 1.82) is 0 Å². The molecule has 0 saturated carbocycles. The van der Waals surface area contributed by atoms with Crippen molar-refractivity contribution in [2.45, 2.75) is 12.5 Å². The molecule has 0 bridgehead atoms. The van der Waals surface area contributed by atoms with Gasteiger partial charge in [0, 0.05) is 16.8 Å². The molecular formula is C26H21N3O6. The van der Waals surface area contributed by atoms with E-state index in [1.807, 2.05) is 6.07 Å². The number of amides is 4. The molecule has 9 nitrogen and oxygen atoms in total. The smallest absolute Gasteiger partial charge is 0.325 e. The second-order valence-corrected chi connectivity index (χ2v) is 8.34. The van der Waals surface area contributed by atoms with Gasteiger partial charge in [-0.2, -0.15) is 0 Å². The van der Waals surface area contributed by atoms with E-state index in [9.17, 15) is 19.2 Å². The molecule has 1 saturated heterocycles. The molecule has 1 fully saturated rings. The van der Waals surface area contributed by atoms with Crippen molar-refractivity contribution in [3.05, 3.63) is 89.5 Å². The number of imide groups is 1. The average molecular weight is 471 g/mol. The topological polar surface area (TPSA) is 114 Å². The van der Waals surface area contributed by atoms with Gasteiger partial charge in [-0.25, -0.2) is 4.79 Å². The Labute approximate surface area is 200 Å². The van der Waals surface area contributed by atoms with Gasteiger partial charge in [0.1, 0.15) is 5.54 Å². The number of hydrogen-bond donors (Lipinski definition) is 2. The number of ketones is 1. The van der Waals surface area contributed by atoms with Crippen LogP contribution in [-0.2, 0) is 10.3 Å². The first kappa shape index (κ1) is 22.1. The van der Waals surface area contributed by atoms with Gasteiger partial charge in [0.15, 0.2) is 17.3 Å². The Balaban J connectivity index is 1.27. The van der Waals surface area contributed by atoms with Crippen molar-refractivity contribution in [2.24, 2.45) is 0 Å². The third-order valence-electron chi connectivity index (χ3n) is 6.03. The quantitative estimate of drug-likeness (QED) is 0.421. The van der Waals surface area contributed by atoms with E-state index in [2.05, 4.69) is 10.6 Å². The van der Waals surface area contributed by atoms with Gasteiger partial charge in [-0.1, -0.05) is 24.3 Å². The van der Waals surface area contributed by atoms with Crippen molar-refractivity contribution in [3.8, 4) is 11.5 Å². The molecule has 0 aliphatic carbocycles. The van der Waals surface area contributed by atoms with Gasteiger partial charge in [0.05, 0.1) is 6.54 Å². The molecule has 2 heterocycles. The number of urea groups is 1. The highest BCUT2D eigenvalue weighted by Crippen LogP contribution is 2.37. The maximum absolute atomic E-state index is 13.2. The lowest BCUT2D eigenvalue weighted by Gasteiger charge is -2.22. The van der Waals surface area contributed by atoms with Crippen LogP contribution in [0.4, 0.5) is 10.5 Å². The van der Waals surface area contributed by atoms with E-state index in [0.29, 0.717) is 33.9 Å². The third kappa shape index (κ3) is 4.08. The molecule has 2 aliphatic heterocycles. The van der Waals surface area contributed by atoms with E-state index >= 15 is 0 Å². The molecule has 0 radical (unpaired) electrons. The molecule has 2 aliphatic rings. The summed E-state index contributed by atoms with van der Waals surface area (Å²) in [4.78, 5) is 51.9. The fraction of sp³-hybridized carbons (Fsp3) is 0.154. The number of fused-ring (bicyclic) bond motifs is 1. The molecule has 1 atom stereocenters. The number of anilines is 1. The largest absolute Gasteiger partial charge is 0.454 e. The normalized spacial score (nSPS) is 18.4. The first-order valence-electron chi connectivity index (χ1n) is 10.9. The molecule has 2 N–H and O–H groups in total. The molecule has 5 rings (SSSR count). The van der Waals surface area contributed by atoms with Crippen molar-refractivity contribution in [3.63, 3.8) is 0 Å². The predicted octanol–water partition coefficient (Wildman–Crippen LogP) is 3.32. The molecule has 0 aromatic heterocycles. The summed E-state index contributed by atoms with van der Waals surface area (Å²) in [5.41, 5.74) is 0.509. The molecule has 9 heteroatoms. The van der Waals surface area contributed by atoms with Crippen LogP contribution in [0.15, 0.2) is 72.8 Å². The second-order valence-electron chi connectivity index (χ2n) is 8.34. The number of nitrogens with zero attached hydrogens (tertiary/aromatic N) is 1. The first-order chi connectivity index (χ1) is 16.8. The van der Waals surface area contributed by atoms with E-state index in [0.717, 1.165) is 4.90 Å². The Hall–Kier alpha value is -4.66. The van der Waals surface area contributed by atoms with E-state index in [4.69, 9.17) is 9.47 Å². The number of rotatable bonds is 6. The third-order valence-corrected chi connectivity index (χ3v) is 6.03. The standard InChI is InChI=1S/C26H21N3O6/c1-26(18-9-12-21-22(13-18)35-15-34-21)24(32)29(25(33)28-26)14-20(30)16-7-10-19(11-8-16)27-23(31)17-5-3-2-4-6-17/h2-13H,14-15H2,1H3,(H,27,31)(H,28,33). The Morgan fingerprint density at radius 2 is 1.66 bits per heavy atom. The number of Topliss-reactive ketones (excluding diaryl/α,β-unsaturated/α-hetero) is 1. The minimum Gasteiger partial charge on any atom is -0.454 e. The van der Waals surface area contributed by atoms with Gasteiger partial charge in [-0.3, -0.25) is 19.3 Å². The number of ether oxygens (including phenoxy) is 2. The van der Waals surface area contributed by atoms with Crippen LogP contribution in [0.2, 0.25) is 0 Å². The Morgan fingerprint density at radius 1 is 0.943 bits per heavy atom. The maximum Gasteiger partial charge on any atom is 0.325 e. The molecule has 3 aromatic rings. The van der Waals surface area contributed by atoms with Crippen LogP contribution in [0.5, 0.6) is 11.5 Å². The summed E-state index contributed by atoms with van der Waals surface area (Å²) in [6.07, 6.45) is 0. The van der Waals surface area contributed by atoms with Gasteiger partial charge in [0.2, 0.25) is 6.79 Å². The minimum atomic E-state index is -1.34. The minimum absolute atomic E-state index is 0.0885. The van der Waals surface area contributed by atoms with Crippen LogP contribution in [0.1, 0.15) is 33.2 Å². The van der Waals surface area contributed by atoms with Crippen molar-refractivity contribution in [2.75, 3.05) is 18.7 Å². The molecule has 35 heavy (non-hydrogen) atoms. The highest BCUT2D eigenvalue weighted by molar-refractivity contribution is 6.11. The summed E-state index contributed by atoms with van der Waals surface area (Å²) >= 11 is 0. The number of hydrogen-bond acceptors (Lipinski definition) is 6. The molecule has 4 amide bonds. The van der Waals surface area contributed by atoms with E-state index in [-0.39, 0.29) is 12.7 Å². The second kappa shape index (κ2) is 8.60. The monoisotopic (exact) mass is 471 g/mol. The Bertz CT molecular complexity index is 1340. The van der Waals surface area contributed by atoms with E-state index < -0.39 is 29.8 Å². The number of carbonyl (C=O) groups is 4. The van der Waals surface area contributed by atoms with Crippen LogP contribution >= 0.6 is 0 Å². The lowest BCUT2D eigenvalue weighted by molar-refractivity contribution is -0.130.